The number of nitrogen functional groups attached to an aromatic ring is 1. The number of anilines is 2. The highest BCUT2D eigenvalue weighted by Crippen LogP contribution is 2.23. The Morgan fingerprint density at radius 2 is 2.00 bits per heavy atom. The van der Waals surface area contributed by atoms with Gasteiger partial charge in [-0.1, -0.05) is 38.5 Å². The Labute approximate surface area is 181 Å². The minimum Gasteiger partial charge on any atom is -0.492 e. The molecule has 0 saturated heterocycles. The maximum Gasteiger partial charge on any atom is 0.330 e. The number of ether oxygens (including phenoxy) is 1. The molecular formula is C22H31N5O4. The van der Waals surface area contributed by atoms with Crippen molar-refractivity contribution < 1.29 is 9.53 Å². The third kappa shape index (κ3) is 5.16. The fourth-order valence-corrected chi connectivity index (χ4v) is 3.75. The van der Waals surface area contributed by atoms with Gasteiger partial charge in [0.25, 0.3) is 5.56 Å². The molecule has 3 N–H and O–H groups in total. The summed E-state index contributed by atoms with van der Waals surface area (Å²) in [6.45, 7) is 6.40. The number of hydrogen-bond acceptors (Lipinski definition) is 6. The molecule has 2 aromatic rings. The van der Waals surface area contributed by atoms with Gasteiger partial charge in [-0.3, -0.25) is 24.0 Å². The van der Waals surface area contributed by atoms with Crippen molar-refractivity contribution in [1.82, 2.24) is 14.5 Å². The largest absolute Gasteiger partial charge is 0.492 e. The predicted octanol–water partition coefficient (Wildman–Crippen LogP) is 1.56. The van der Waals surface area contributed by atoms with Crippen LogP contribution in [0, 0.1) is 0 Å². The third-order valence-corrected chi connectivity index (χ3v) is 5.36. The van der Waals surface area contributed by atoms with Crippen molar-refractivity contribution in [2.45, 2.75) is 46.2 Å². The van der Waals surface area contributed by atoms with E-state index in [1.54, 1.807) is 0 Å². The molecule has 2 heterocycles. The maximum absolute atomic E-state index is 13.3. The Hall–Kier alpha value is -3.07. The van der Waals surface area contributed by atoms with Crippen molar-refractivity contribution >= 4 is 17.4 Å². The number of nitrogens with zero attached hydrogens (tertiary/aromatic N) is 3. The van der Waals surface area contributed by atoms with Gasteiger partial charge in [0.1, 0.15) is 18.2 Å². The van der Waals surface area contributed by atoms with Crippen LogP contribution in [0.4, 0.5) is 11.5 Å². The number of unbranched alkanes of at least 4 members (excludes halogenated alkanes) is 1. The number of benzene rings is 1. The van der Waals surface area contributed by atoms with Crippen LogP contribution < -0.4 is 26.6 Å². The van der Waals surface area contributed by atoms with Gasteiger partial charge in [0.15, 0.2) is 5.69 Å². The molecule has 0 fully saturated rings. The average Bonchev–Trinajstić information content (AvgIpc) is 2.94. The van der Waals surface area contributed by atoms with E-state index in [-0.39, 0.29) is 24.0 Å². The molecule has 1 aromatic carbocycles. The van der Waals surface area contributed by atoms with E-state index >= 15 is 0 Å². The molecule has 3 rings (SSSR count). The highest BCUT2D eigenvalue weighted by atomic mass is 16.5. The second kappa shape index (κ2) is 10.3. The Balaban J connectivity index is 1.89. The molecule has 1 aliphatic heterocycles. The molecule has 9 heteroatoms. The van der Waals surface area contributed by atoms with Crippen LogP contribution in [-0.2, 0) is 17.9 Å². The lowest BCUT2D eigenvalue weighted by Crippen LogP contribution is -2.45. The Kier molecular flexibility index (Phi) is 7.51. The van der Waals surface area contributed by atoms with Crippen molar-refractivity contribution in [1.29, 1.82) is 0 Å². The fraction of sp³-hybridized carbons (Fsp3) is 0.500. The molecule has 1 aromatic heterocycles. The van der Waals surface area contributed by atoms with Crippen molar-refractivity contribution in [3.05, 3.63) is 50.7 Å². The van der Waals surface area contributed by atoms with E-state index in [1.165, 1.54) is 9.47 Å². The molecule has 0 radical (unpaired) electrons. The number of hydrogen-bond donors (Lipinski definition) is 2. The lowest BCUT2D eigenvalue weighted by Gasteiger charge is -2.27. The summed E-state index contributed by atoms with van der Waals surface area (Å²) in [6, 6.07) is 7.77. The van der Waals surface area contributed by atoms with Gasteiger partial charge in [0.2, 0.25) is 5.91 Å². The lowest BCUT2D eigenvalue weighted by molar-refractivity contribution is -0.119. The molecule has 168 valence electrons. The van der Waals surface area contributed by atoms with Gasteiger partial charge in [-0.2, -0.15) is 0 Å². The van der Waals surface area contributed by atoms with Gasteiger partial charge in [-0.15, -0.1) is 0 Å². The summed E-state index contributed by atoms with van der Waals surface area (Å²) >= 11 is 0. The van der Waals surface area contributed by atoms with E-state index in [1.807, 2.05) is 43.0 Å². The van der Waals surface area contributed by atoms with Crippen LogP contribution in [-0.4, -0.2) is 46.6 Å². The van der Waals surface area contributed by atoms with Gasteiger partial charge in [-0.05, 0) is 18.9 Å². The zero-order valence-electron chi connectivity index (χ0n) is 18.2. The minimum atomic E-state index is -0.635. The number of aromatic nitrogens is 2. The van der Waals surface area contributed by atoms with E-state index in [9.17, 15) is 14.4 Å². The summed E-state index contributed by atoms with van der Waals surface area (Å²) in [5.74, 6) is 0.629. The number of carbonyl (C=O) groups excluding carboxylic acids is 1. The summed E-state index contributed by atoms with van der Waals surface area (Å²) in [5, 5.41) is 0. The van der Waals surface area contributed by atoms with E-state index in [2.05, 4.69) is 4.98 Å². The van der Waals surface area contributed by atoms with Crippen molar-refractivity contribution in [2.75, 3.05) is 36.9 Å². The first-order valence-electron chi connectivity index (χ1n) is 10.8. The van der Waals surface area contributed by atoms with E-state index in [0.29, 0.717) is 45.6 Å². The van der Waals surface area contributed by atoms with E-state index in [4.69, 9.17) is 10.5 Å². The number of nitrogens with one attached hydrogen (secondary N) is 1. The number of nitrogens with two attached hydrogens (primary N) is 1. The first-order valence-corrected chi connectivity index (χ1v) is 10.8. The van der Waals surface area contributed by atoms with Crippen LogP contribution in [0.5, 0.6) is 5.75 Å². The summed E-state index contributed by atoms with van der Waals surface area (Å²) < 4.78 is 7.10. The quantitative estimate of drug-likeness (QED) is 0.658. The number of carbonyl (C=O) groups is 1. The number of aromatic amines is 1. The number of fused-ring (bicyclic) bond motifs is 1. The molecular weight excluding hydrogens is 398 g/mol. The van der Waals surface area contributed by atoms with Gasteiger partial charge in [0, 0.05) is 31.7 Å². The molecule has 31 heavy (non-hydrogen) atoms. The molecule has 1 aliphatic rings. The fourth-order valence-electron chi connectivity index (χ4n) is 3.75. The molecule has 9 nitrogen and oxygen atoms in total. The van der Waals surface area contributed by atoms with Crippen molar-refractivity contribution in [2.24, 2.45) is 0 Å². The van der Waals surface area contributed by atoms with Crippen molar-refractivity contribution in [3.8, 4) is 5.75 Å². The Bertz CT molecular complexity index is 1030. The van der Waals surface area contributed by atoms with Crippen LogP contribution >= 0.6 is 0 Å². The monoisotopic (exact) mass is 429 g/mol. The minimum absolute atomic E-state index is 0.0320. The molecule has 0 saturated carbocycles. The van der Waals surface area contributed by atoms with E-state index < -0.39 is 11.2 Å². The van der Waals surface area contributed by atoms with Crippen LogP contribution in [0.25, 0.3) is 0 Å². The zero-order valence-corrected chi connectivity index (χ0v) is 18.2. The summed E-state index contributed by atoms with van der Waals surface area (Å²) in [6.07, 6.45) is 2.23. The Morgan fingerprint density at radius 1 is 1.23 bits per heavy atom. The number of para-hydroxylation sites is 1. The second-order valence-corrected chi connectivity index (χ2v) is 7.71. The highest BCUT2D eigenvalue weighted by molar-refractivity contribution is 5.96. The van der Waals surface area contributed by atoms with Crippen LogP contribution in [0.3, 0.4) is 0 Å². The first kappa shape index (κ1) is 22.6. The summed E-state index contributed by atoms with van der Waals surface area (Å²) in [7, 11) is 0. The maximum atomic E-state index is 13.3. The van der Waals surface area contributed by atoms with Crippen LogP contribution in [0.1, 0.15) is 38.7 Å². The highest BCUT2D eigenvalue weighted by Gasteiger charge is 2.26. The third-order valence-electron chi connectivity index (χ3n) is 5.36. The Morgan fingerprint density at radius 3 is 2.74 bits per heavy atom. The number of rotatable bonds is 8. The SMILES string of the molecule is CCCCN(C(=O)CN1CCOc2ccccc2C1)c1c(N)n(CCC)c(=O)[nH]c1=O. The lowest BCUT2D eigenvalue weighted by atomic mass is 10.2. The molecule has 0 aliphatic carbocycles. The molecule has 0 spiro atoms. The number of amides is 1. The van der Waals surface area contributed by atoms with Crippen LogP contribution in [0.2, 0.25) is 0 Å². The van der Waals surface area contributed by atoms with Crippen LogP contribution in [0.15, 0.2) is 33.9 Å². The molecule has 1 amide bonds. The van der Waals surface area contributed by atoms with Gasteiger partial charge >= 0.3 is 5.69 Å². The summed E-state index contributed by atoms with van der Waals surface area (Å²) in [4.78, 5) is 43.9. The average molecular weight is 430 g/mol. The second-order valence-electron chi connectivity index (χ2n) is 7.71. The molecule has 0 unspecified atom stereocenters. The van der Waals surface area contributed by atoms with E-state index in [0.717, 1.165) is 17.7 Å². The molecule has 0 atom stereocenters. The summed E-state index contributed by atoms with van der Waals surface area (Å²) in [5.41, 5.74) is 6.09. The topological polar surface area (TPSA) is 114 Å². The smallest absolute Gasteiger partial charge is 0.330 e. The predicted molar refractivity (Wildman–Crippen MR) is 121 cm³/mol. The zero-order chi connectivity index (χ0) is 22.4. The van der Waals surface area contributed by atoms with Crippen molar-refractivity contribution in [3.63, 3.8) is 0 Å². The van der Waals surface area contributed by atoms with Gasteiger partial charge < -0.3 is 15.4 Å². The standard InChI is InChI=1S/C22H31N5O4/c1-3-5-11-26(19-20(23)27(10-4-2)22(30)24-21(19)29)18(28)15-25-12-13-31-17-9-7-6-8-16(17)14-25/h6-9H,3-5,10-15,23H2,1-2H3,(H,24,29,30). The normalized spacial score (nSPS) is 13.9. The first-order chi connectivity index (χ1) is 15.0. The molecule has 0 bridgehead atoms. The van der Waals surface area contributed by atoms with Gasteiger partial charge in [0.05, 0.1) is 6.54 Å². The number of H-pyrrole nitrogens is 1. The van der Waals surface area contributed by atoms with Gasteiger partial charge in [-0.25, -0.2) is 4.79 Å².